The van der Waals surface area contributed by atoms with Gasteiger partial charge in [-0.1, -0.05) is 54.1 Å². The van der Waals surface area contributed by atoms with E-state index < -0.39 is 6.04 Å². The van der Waals surface area contributed by atoms with Crippen LogP contribution < -0.4 is 4.74 Å². The van der Waals surface area contributed by atoms with Gasteiger partial charge in [0.15, 0.2) is 0 Å². The van der Waals surface area contributed by atoms with Gasteiger partial charge in [-0.3, -0.25) is 9.89 Å². The molecule has 1 aromatic heterocycles. The van der Waals surface area contributed by atoms with Crippen molar-refractivity contribution in [2.24, 2.45) is 0 Å². The summed E-state index contributed by atoms with van der Waals surface area (Å²) in [6, 6.07) is 20.6. The fourth-order valence-electron chi connectivity index (χ4n) is 4.70. The lowest BCUT2D eigenvalue weighted by atomic mass is 9.95. The molecule has 1 aliphatic heterocycles. The number of fused-ring (bicyclic) bond motifs is 1. The van der Waals surface area contributed by atoms with E-state index in [2.05, 4.69) is 10.2 Å². The van der Waals surface area contributed by atoms with Gasteiger partial charge in [-0.2, -0.15) is 5.10 Å². The Kier molecular flexibility index (Phi) is 7.17. The van der Waals surface area contributed by atoms with E-state index in [-0.39, 0.29) is 11.7 Å². The minimum absolute atomic E-state index is 0.0601. The molecule has 7 nitrogen and oxygen atoms in total. The molecule has 8 heteroatoms. The Morgan fingerprint density at radius 2 is 1.86 bits per heavy atom. The maximum atomic E-state index is 13.5. The monoisotopic (exact) mass is 517 g/mol. The predicted molar refractivity (Wildman–Crippen MR) is 142 cm³/mol. The SMILES string of the molecule is COCCCN1C(=O)c2[nH]nc(-c3cc(Cl)c(C)cc3O)c2C1c1ccc(OCc2ccccc2)cc1. The van der Waals surface area contributed by atoms with Gasteiger partial charge in [0.25, 0.3) is 5.91 Å². The maximum absolute atomic E-state index is 13.5. The van der Waals surface area contributed by atoms with Crippen LogP contribution in [-0.2, 0) is 11.3 Å². The summed E-state index contributed by atoms with van der Waals surface area (Å²) in [6.07, 6.45) is 0.686. The summed E-state index contributed by atoms with van der Waals surface area (Å²) in [5.74, 6) is 0.653. The Morgan fingerprint density at radius 3 is 2.59 bits per heavy atom. The largest absolute Gasteiger partial charge is 0.507 e. The highest BCUT2D eigenvalue weighted by Crippen LogP contribution is 2.45. The van der Waals surface area contributed by atoms with Gasteiger partial charge in [-0.25, -0.2) is 0 Å². The molecule has 0 bridgehead atoms. The van der Waals surface area contributed by atoms with Crippen LogP contribution in [0.25, 0.3) is 11.3 Å². The second-order valence-corrected chi connectivity index (χ2v) is 9.48. The summed E-state index contributed by atoms with van der Waals surface area (Å²) in [7, 11) is 1.64. The quantitative estimate of drug-likeness (QED) is 0.270. The minimum atomic E-state index is -0.393. The lowest BCUT2D eigenvalue weighted by Crippen LogP contribution is -2.31. The molecule has 2 heterocycles. The van der Waals surface area contributed by atoms with E-state index in [0.717, 1.165) is 28.0 Å². The van der Waals surface area contributed by atoms with Crippen molar-refractivity contribution in [3.8, 4) is 22.8 Å². The van der Waals surface area contributed by atoms with Gasteiger partial charge in [0.05, 0.1) is 6.04 Å². The number of aromatic amines is 1. The molecule has 1 aliphatic rings. The zero-order valence-electron chi connectivity index (χ0n) is 20.7. The minimum Gasteiger partial charge on any atom is -0.507 e. The number of aryl methyl sites for hydroxylation is 1. The topological polar surface area (TPSA) is 87.7 Å². The van der Waals surface area contributed by atoms with Crippen LogP contribution >= 0.6 is 11.6 Å². The van der Waals surface area contributed by atoms with Crippen molar-refractivity contribution in [1.82, 2.24) is 15.1 Å². The number of benzene rings is 3. The number of hydrogen-bond acceptors (Lipinski definition) is 5. The van der Waals surface area contributed by atoms with Crippen molar-refractivity contribution < 1.29 is 19.4 Å². The highest BCUT2D eigenvalue weighted by Gasteiger charge is 2.42. The van der Waals surface area contributed by atoms with Gasteiger partial charge in [-0.05, 0) is 54.3 Å². The van der Waals surface area contributed by atoms with Crippen molar-refractivity contribution >= 4 is 17.5 Å². The highest BCUT2D eigenvalue weighted by molar-refractivity contribution is 6.31. The van der Waals surface area contributed by atoms with Gasteiger partial charge < -0.3 is 19.5 Å². The number of rotatable bonds is 9. The Bertz CT molecular complexity index is 1400. The number of methoxy groups -OCH3 is 1. The van der Waals surface area contributed by atoms with Crippen LogP contribution in [0.15, 0.2) is 66.7 Å². The summed E-state index contributed by atoms with van der Waals surface area (Å²) in [5.41, 5.74) is 4.88. The van der Waals surface area contributed by atoms with Crippen molar-refractivity contribution in [3.63, 3.8) is 0 Å². The standard InChI is InChI=1S/C29H28ClN3O4/c1-18-15-24(34)22(16-23(18)30)26-25-27(32-31-26)29(35)33(13-6-14-36-2)28(25)20-9-11-21(12-10-20)37-17-19-7-4-3-5-8-19/h3-5,7-12,15-16,28,34H,6,13-14,17H2,1-2H3,(H,31,32). The number of carbonyl (C=O) groups excluding carboxylic acids is 1. The molecule has 2 N–H and O–H groups in total. The summed E-state index contributed by atoms with van der Waals surface area (Å²) >= 11 is 6.39. The van der Waals surface area contributed by atoms with Gasteiger partial charge >= 0.3 is 0 Å². The van der Waals surface area contributed by atoms with Crippen LogP contribution in [0, 0.1) is 6.92 Å². The molecule has 0 saturated carbocycles. The number of amides is 1. The molecule has 1 amide bonds. The third-order valence-electron chi connectivity index (χ3n) is 6.59. The predicted octanol–water partition coefficient (Wildman–Crippen LogP) is 5.90. The van der Waals surface area contributed by atoms with Crippen LogP contribution in [0.1, 0.15) is 45.2 Å². The number of hydrogen-bond donors (Lipinski definition) is 2. The Balaban J connectivity index is 1.50. The molecule has 0 aliphatic carbocycles. The zero-order valence-corrected chi connectivity index (χ0v) is 21.5. The van der Waals surface area contributed by atoms with E-state index in [0.29, 0.717) is 48.2 Å². The van der Waals surface area contributed by atoms with Crippen molar-refractivity contribution in [2.45, 2.75) is 26.0 Å². The third kappa shape index (κ3) is 4.92. The Labute approximate surface area is 220 Å². The first-order valence-electron chi connectivity index (χ1n) is 12.1. The number of halogens is 1. The van der Waals surface area contributed by atoms with Crippen LogP contribution in [0.2, 0.25) is 5.02 Å². The molecule has 0 radical (unpaired) electrons. The van der Waals surface area contributed by atoms with E-state index in [1.807, 2.05) is 66.4 Å². The second-order valence-electron chi connectivity index (χ2n) is 9.07. The molecule has 4 aromatic rings. The molecule has 190 valence electrons. The first-order valence-corrected chi connectivity index (χ1v) is 12.5. The van der Waals surface area contributed by atoms with Crippen LogP contribution in [0.3, 0.4) is 0 Å². The summed E-state index contributed by atoms with van der Waals surface area (Å²) in [6.45, 7) is 3.34. The average molecular weight is 518 g/mol. The van der Waals surface area contributed by atoms with Crippen molar-refractivity contribution in [2.75, 3.05) is 20.3 Å². The molecule has 5 rings (SSSR count). The fraction of sp³-hybridized carbons (Fsp3) is 0.241. The Hall–Kier alpha value is -3.81. The molecule has 0 fully saturated rings. The lowest BCUT2D eigenvalue weighted by molar-refractivity contribution is 0.0723. The fourth-order valence-corrected chi connectivity index (χ4v) is 4.87. The first kappa shape index (κ1) is 24.9. The van der Waals surface area contributed by atoms with Crippen LogP contribution in [-0.4, -0.2) is 46.4 Å². The van der Waals surface area contributed by atoms with Crippen molar-refractivity contribution in [1.29, 1.82) is 0 Å². The first-order chi connectivity index (χ1) is 18.0. The van der Waals surface area contributed by atoms with E-state index >= 15 is 0 Å². The molecule has 0 spiro atoms. The number of phenols is 1. The van der Waals surface area contributed by atoms with Crippen LogP contribution in [0.5, 0.6) is 11.5 Å². The molecule has 1 atom stereocenters. The second kappa shape index (κ2) is 10.7. The number of H-pyrrole nitrogens is 1. The smallest absolute Gasteiger partial charge is 0.273 e. The summed E-state index contributed by atoms with van der Waals surface area (Å²) in [4.78, 5) is 15.3. The normalized spacial score (nSPS) is 14.7. The van der Waals surface area contributed by atoms with Gasteiger partial charge in [0, 0.05) is 36.4 Å². The maximum Gasteiger partial charge on any atom is 0.273 e. The van der Waals surface area contributed by atoms with Gasteiger partial charge in [-0.15, -0.1) is 0 Å². The number of nitrogens with zero attached hydrogens (tertiary/aromatic N) is 2. The number of ether oxygens (including phenoxy) is 2. The van der Waals surface area contributed by atoms with Crippen molar-refractivity contribution in [3.05, 3.63) is 99.7 Å². The Morgan fingerprint density at radius 1 is 1.11 bits per heavy atom. The third-order valence-corrected chi connectivity index (χ3v) is 6.99. The van der Waals surface area contributed by atoms with Crippen LogP contribution in [0.4, 0.5) is 0 Å². The van der Waals surface area contributed by atoms with E-state index in [9.17, 15) is 9.90 Å². The van der Waals surface area contributed by atoms with Gasteiger partial charge in [0.1, 0.15) is 29.5 Å². The number of nitrogens with one attached hydrogen (secondary N) is 1. The number of aromatic nitrogens is 2. The zero-order chi connectivity index (χ0) is 25.9. The molecular formula is C29H28ClN3O4. The molecule has 37 heavy (non-hydrogen) atoms. The van der Waals surface area contributed by atoms with E-state index in [4.69, 9.17) is 21.1 Å². The lowest BCUT2D eigenvalue weighted by Gasteiger charge is -2.26. The summed E-state index contributed by atoms with van der Waals surface area (Å²) in [5, 5.41) is 18.6. The number of phenolic OH excluding ortho intramolecular Hbond substituents is 1. The number of aromatic hydroxyl groups is 1. The molecule has 0 saturated heterocycles. The van der Waals surface area contributed by atoms with E-state index in [1.165, 1.54) is 0 Å². The molecule has 1 unspecified atom stereocenters. The highest BCUT2D eigenvalue weighted by atomic mass is 35.5. The van der Waals surface area contributed by atoms with E-state index in [1.54, 1.807) is 19.2 Å². The number of carbonyl (C=O) groups is 1. The molecular weight excluding hydrogens is 490 g/mol. The molecule has 3 aromatic carbocycles. The average Bonchev–Trinajstić information content (AvgIpc) is 3.45. The van der Waals surface area contributed by atoms with Gasteiger partial charge in [0.2, 0.25) is 0 Å². The summed E-state index contributed by atoms with van der Waals surface area (Å²) < 4.78 is 11.2.